The van der Waals surface area contributed by atoms with Gasteiger partial charge in [-0.1, -0.05) is 66.7 Å². The molecule has 0 spiro atoms. The Balaban J connectivity index is 1.48. The first-order valence-electron chi connectivity index (χ1n) is 10.5. The number of pyridine rings is 1. The van der Waals surface area contributed by atoms with Gasteiger partial charge in [-0.05, 0) is 42.3 Å². The smallest absolute Gasteiger partial charge is 0.255 e. The summed E-state index contributed by atoms with van der Waals surface area (Å²) < 4.78 is 11.7. The second kappa shape index (κ2) is 10.3. The fourth-order valence-electron chi connectivity index (χ4n) is 3.33. The van der Waals surface area contributed by atoms with Gasteiger partial charge in [0, 0.05) is 11.6 Å². The lowest BCUT2D eigenvalue weighted by Crippen LogP contribution is -2.13. The molecule has 0 bridgehead atoms. The van der Waals surface area contributed by atoms with E-state index in [1.807, 2.05) is 73.7 Å². The Hall–Kier alpha value is -4.12. The molecule has 0 saturated carbocycles. The van der Waals surface area contributed by atoms with Crippen molar-refractivity contribution in [2.75, 3.05) is 11.9 Å². The molecule has 0 aliphatic heterocycles. The van der Waals surface area contributed by atoms with E-state index in [-0.39, 0.29) is 12.0 Å². The van der Waals surface area contributed by atoms with Crippen molar-refractivity contribution >= 4 is 11.6 Å². The third-order valence-corrected chi connectivity index (χ3v) is 4.84. The summed E-state index contributed by atoms with van der Waals surface area (Å²) in [6.07, 6.45) is 1.30. The highest BCUT2D eigenvalue weighted by atomic mass is 16.5. The molecular weight excluding hydrogens is 400 g/mol. The van der Waals surface area contributed by atoms with E-state index in [9.17, 15) is 4.79 Å². The van der Waals surface area contributed by atoms with Gasteiger partial charge in [0.25, 0.3) is 5.91 Å². The average molecular weight is 425 g/mol. The molecule has 1 heterocycles. The molecule has 1 amide bonds. The van der Waals surface area contributed by atoms with Gasteiger partial charge in [-0.3, -0.25) is 4.79 Å². The van der Waals surface area contributed by atoms with Crippen molar-refractivity contribution in [3.05, 3.63) is 120 Å². The molecule has 0 aliphatic rings. The van der Waals surface area contributed by atoms with Gasteiger partial charge in [-0.2, -0.15) is 0 Å². The Morgan fingerprint density at radius 2 is 1.56 bits per heavy atom. The van der Waals surface area contributed by atoms with Crippen molar-refractivity contribution in [1.82, 2.24) is 4.98 Å². The van der Waals surface area contributed by atoms with Gasteiger partial charge in [0.1, 0.15) is 5.75 Å². The van der Waals surface area contributed by atoms with Crippen LogP contribution >= 0.6 is 0 Å². The molecule has 0 atom stereocenters. The molecule has 0 unspecified atom stereocenters. The van der Waals surface area contributed by atoms with Crippen LogP contribution in [0.25, 0.3) is 0 Å². The number of aromatic nitrogens is 1. The van der Waals surface area contributed by atoms with Crippen molar-refractivity contribution in [1.29, 1.82) is 0 Å². The Morgan fingerprint density at radius 3 is 2.16 bits per heavy atom. The number of amides is 1. The van der Waals surface area contributed by atoms with E-state index >= 15 is 0 Å². The van der Waals surface area contributed by atoms with Gasteiger partial charge < -0.3 is 14.8 Å². The van der Waals surface area contributed by atoms with Gasteiger partial charge >= 0.3 is 0 Å². The third kappa shape index (κ3) is 5.32. The molecular formula is C27H24N2O3. The van der Waals surface area contributed by atoms with Gasteiger partial charge in [-0.15, -0.1) is 0 Å². The van der Waals surface area contributed by atoms with Crippen molar-refractivity contribution in [3.8, 4) is 11.6 Å². The van der Waals surface area contributed by atoms with Crippen LogP contribution in [0.5, 0.6) is 11.6 Å². The molecule has 3 aromatic carbocycles. The monoisotopic (exact) mass is 424 g/mol. The molecule has 5 heteroatoms. The Morgan fingerprint density at radius 1 is 0.875 bits per heavy atom. The van der Waals surface area contributed by atoms with E-state index in [2.05, 4.69) is 10.3 Å². The van der Waals surface area contributed by atoms with E-state index in [1.54, 1.807) is 36.5 Å². The molecule has 0 aliphatic carbocycles. The fraction of sp³-hybridized carbons (Fsp3) is 0.111. The molecule has 0 radical (unpaired) electrons. The van der Waals surface area contributed by atoms with E-state index in [4.69, 9.17) is 9.47 Å². The minimum absolute atomic E-state index is 0.228. The zero-order valence-electron chi connectivity index (χ0n) is 17.8. The van der Waals surface area contributed by atoms with Crippen LogP contribution in [0.2, 0.25) is 0 Å². The Labute approximate surface area is 187 Å². The summed E-state index contributed by atoms with van der Waals surface area (Å²) in [5, 5.41) is 2.86. The highest BCUT2D eigenvalue weighted by molar-refractivity contribution is 6.04. The van der Waals surface area contributed by atoms with Crippen molar-refractivity contribution < 1.29 is 14.3 Å². The van der Waals surface area contributed by atoms with Crippen molar-refractivity contribution in [2.45, 2.75) is 13.0 Å². The molecule has 5 nitrogen and oxygen atoms in total. The summed E-state index contributed by atoms with van der Waals surface area (Å²) in [5.41, 5.74) is 3.17. The molecule has 1 aromatic heterocycles. The number of benzene rings is 3. The van der Waals surface area contributed by atoms with E-state index in [0.29, 0.717) is 29.5 Å². The van der Waals surface area contributed by atoms with E-state index < -0.39 is 0 Å². The number of anilines is 1. The summed E-state index contributed by atoms with van der Waals surface area (Å²) in [4.78, 5) is 17.0. The second-order valence-electron chi connectivity index (χ2n) is 7.12. The lowest BCUT2D eigenvalue weighted by molar-refractivity contribution is 0.102. The Bertz CT molecular complexity index is 1110. The molecule has 0 fully saturated rings. The quantitative estimate of drug-likeness (QED) is 0.382. The number of rotatable bonds is 8. The average Bonchev–Trinajstić information content (AvgIpc) is 2.85. The summed E-state index contributed by atoms with van der Waals surface area (Å²) in [5.74, 6) is 0.905. The number of hydrogen-bond acceptors (Lipinski definition) is 4. The van der Waals surface area contributed by atoms with Crippen LogP contribution in [0.3, 0.4) is 0 Å². The lowest BCUT2D eigenvalue weighted by atomic mass is 10.0. The minimum Gasteiger partial charge on any atom is -0.494 e. The molecule has 1 N–H and O–H groups in total. The predicted molar refractivity (Wildman–Crippen MR) is 125 cm³/mol. The van der Waals surface area contributed by atoms with Crippen LogP contribution in [0.1, 0.15) is 34.5 Å². The van der Waals surface area contributed by atoms with Crippen LogP contribution < -0.4 is 14.8 Å². The van der Waals surface area contributed by atoms with Gasteiger partial charge in [0.15, 0.2) is 6.10 Å². The molecule has 4 rings (SSSR count). The minimum atomic E-state index is -0.286. The summed E-state index contributed by atoms with van der Waals surface area (Å²) in [6, 6.07) is 30.6. The number of ether oxygens (including phenoxy) is 2. The van der Waals surface area contributed by atoms with Crippen LogP contribution in [-0.4, -0.2) is 17.5 Å². The Kier molecular flexibility index (Phi) is 6.78. The van der Waals surface area contributed by atoms with Crippen LogP contribution in [0.15, 0.2) is 103 Å². The standard InChI is InChI=1S/C27H24N2O3/c1-2-31-24-15-9-14-22(18-24)27(30)29-23-16-17-25(28-19-23)32-26(20-10-5-3-6-11-20)21-12-7-4-8-13-21/h3-19,26H,2H2,1H3,(H,29,30). The first-order chi connectivity index (χ1) is 15.7. The largest absolute Gasteiger partial charge is 0.494 e. The molecule has 32 heavy (non-hydrogen) atoms. The molecule has 160 valence electrons. The maximum atomic E-state index is 12.6. The summed E-state index contributed by atoms with van der Waals surface area (Å²) >= 11 is 0. The fourth-order valence-corrected chi connectivity index (χ4v) is 3.33. The zero-order valence-corrected chi connectivity index (χ0v) is 17.8. The van der Waals surface area contributed by atoms with E-state index in [1.165, 1.54) is 0 Å². The van der Waals surface area contributed by atoms with Crippen LogP contribution in [0.4, 0.5) is 5.69 Å². The maximum Gasteiger partial charge on any atom is 0.255 e. The molecule has 0 saturated heterocycles. The zero-order chi connectivity index (χ0) is 22.2. The van der Waals surface area contributed by atoms with Gasteiger partial charge in [0.05, 0.1) is 18.5 Å². The van der Waals surface area contributed by atoms with Gasteiger partial charge in [-0.25, -0.2) is 4.98 Å². The van der Waals surface area contributed by atoms with Gasteiger partial charge in [0.2, 0.25) is 5.88 Å². The topological polar surface area (TPSA) is 60.5 Å². The van der Waals surface area contributed by atoms with Crippen molar-refractivity contribution in [3.63, 3.8) is 0 Å². The van der Waals surface area contributed by atoms with Crippen LogP contribution in [0, 0.1) is 0 Å². The SMILES string of the molecule is CCOc1cccc(C(=O)Nc2ccc(OC(c3ccccc3)c3ccccc3)nc2)c1. The normalized spacial score (nSPS) is 10.6. The lowest BCUT2D eigenvalue weighted by Gasteiger charge is -2.19. The number of nitrogens with one attached hydrogen (secondary N) is 1. The first kappa shape index (κ1) is 21.1. The summed E-state index contributed by atoms with van der Waals surface area (Å²) in [6.45, 7) is 2.45. The highest BCUT2D eigenvalue weighted by Gasteiger charge is 2.16. The number of nitrogens with zero attached hydrogens (tertiary/aromatic N) is 1. The van der Waals surface area contributed by atoms with Crippen molar-refractivity contribution in [2.24, 2.45) is 0 Å². The predicted octanol–water partition coefficient (Wildman–Crippen LogP) is 5.90. The third-order valence-electron chi connectivity index (χ3n) is 4.84. The number of carbonyl (C=O) groups excluding carboxylic acids is 1. The summed E-state index contributed by atoms with van der Waals surface area (Å²) in [7, 11) is 0. The highest BCUT2D eigenvalue weighted by Crippen LogP contribution is 2.28. The molecule has 4 aromatic rings. The maximum absolute atomic E-state index is 12.6. The first-order valence-corrected chi connectivity index (χ1v) is 10.5. The number of carbonyl (C=O) groups is 1. The number of hydrogen-bond donors (Lipinski definition) is 1. The second-order valence-corrected chi connectivity index (χ2v) is 7.12. The van der Waals surface area contributed by atoms with E-state index in [0.717, 1.165) is 11.1 Å². The van der Waals surface area contributed by atoms with Crippen LogP contribution in [-0.2, 0) is 0 Å².